The van der Waals surface area contributed by atoms with E-state index in [9.17, 15) is 0 Å². The Bertz CT molecular complexity index is 364. The number of ether oxygens (including phenoxy) is 1. The van der Waals surface area contributed by atoms with Gasteiger partial charge in [-0.15, -0.1) is 0 Å². The number of hydrogen-bond acceptors (Lipinski definition) is 3. The molecule has 0 aromatic heterocycles. The van der Waals surface area contributed by atoms with Gasteiger partial charge in [0.15, 0.2) is 0 Å². The van der Waals surface area contributed by atoms with E-state index in [4.69, 9.17) is 4.74 Å². The molecule has 0 radical (unpaired) electrons. The number of rotatable bonds is 7. The van der Waals surface area contributed by atoms with Crippen LogP contribution in [-0.2, 0) is 6.42 Å². The largest absolute Gasteiger partial charge is 0.496 e. The third kappa shape index (κ3) is 3.72. The molecule has 18 heavy (non-hydrogen) atoms. The van der Waals surface area contributed by atoms with Gasteiger partial charge in [0.2, 0.25) is 0 Å². The van der Waals surface area contributed by atoms with E-state index in [-0.39, 0.29) is 0 Å². The maximum absolute atomic E-state index is 5.38. The molecule has 1 N–H and O–H groups in total. The summed E-state index contributed by atoms with van der Waals surface area (Å²) >= 11 is 0. The first kappa shape index (κ1) is 15.0. The smallest absolute Gasteiger partial charge is 0.122 e. The number of nitrogens with one attached hydrogen (secondary N) is 1. The quantitative estimate of drug-likeness (QED) is 0.804. The molecule has 102 valence electrons. The molecule has 0 fully saturated rings. The molecule has 1 unspecified atom stereocenters. The lowest BCUT2D eigenvalue weighted by atomic mass is 10.0. The van der Waals surface area contributed by atoms with Crippen molar-refractivity contribution in [1.82, 2.24) is 10.2 Å². The van der Waals surface area contributed by atoms with Crippen LogP contribution in [0.2, 0.25) is 0 Å². The molecule has 0 bridgehead atoms. The summed E-state index contributed by atoms with van der Waals surface area (Å²) in [5, 5.41) is 3.42. The lowest BCUT2D eigenvalue weighted by Crippen LogP contribution is -2.31. The molecule has 0 aliphatic rings. The van der Waals surface area contributed by atoms with Crippen molar-refractivity contribution in [2.24, 2.45) is 0 Å². The second kappa shape index (κ2) is 7.39. The Morgan fingerprint density at radius 1 is 1.28 bits per heavy atom. The van der Waals surface area contributed by atoms with Crippen LogP contribution >= 0.6 is 0 Å². The average molecular weight is 250 g/mol. The minimum atomic E-state index is 0.404. The SMILES string of the molecule is CCNCC(c1ccc(OC)c(CC)c1)N(C)C. The molecule has 0 saturated heterocycles. The third-order valence-electron chi connectivity index (χ3n) is 3.28. The topological polar surface area (TPSA) is 24.5 Å². The molecular weight excluding hydrogens is 224 g/mol. The van der Waals surface area contributed by atoms with Crippen molar-refractivity contribution in [3.63, 3.8) is 0 Å². The number of aryl methyl sites for hydroxylation is 1. The molecule has 1 rings (SSSR count). The highest BCUT2D eigenvalue weighted by molar-refractivity contribution is 5.38. The fraction of sp³-hybridized carbons (Fsp3) is 0.600. The molecule has 0 heterocycles. The van der Waals surface area contributed by atoms with Crippen molar-refractivity contribution >= 4 is 0 Å². The first-order valence-corrected chi connectivity index (χ1v) is 6.67. The maximum atomic E-state index is 5.38. The number of likely N-dealkylation sites (N-methyl/N-ethyl adjacent to an activating group) is 2. The first-order chi connectivity index (χ1) is 8.63. The van der Waals surface area contributed by atoms with Crippen molar-refractivity contribution in [3.8, 4) is 5.75 Å². The summed E-state index contributed by atoms with van der Waals surface area (Å²) in [6, 6.07) is 6.92. The van der Waals surface area contributed by atoms with Gasteiger partial charge in [0, 0.05) is 12.6 Å². The van der Waals surface area contributed by atoms with E-state index in [2.05, 4.69) is 56.4 Å². The molecule has 3 heteroatoms. The Labute approximate surface area is 111 Å². The summed E-state index contributed by atoms with van der Waals surface area (Å²) in [4.78, 5) is 2.25. The van der Waals surface area contributed by atoms with Gasteiger partial charge in [-0.1, -0.05) is 26.0 Å². The Morgan fingerprint density at radius 2 is 2.00 bits per heavy atom. The highest BCUT2D eigenvalue weighted by Gasteiger charge is 2.15. The van der Waals surface area contributed by atoms with Gasteiger partial charge in [0.25, 0.3) is 0 Å². The van der Waals surface area contributed by atoms with Crippen LogP contribution in [0.25, 0.3) is 0 Å². The van der Waals surface area contributed by atoms with Crippen molar-refractivity contribution in [2.45, 2.75) is 26.3 Å². The number of hydrogen-bond donors (Lipinski definition) is 1. The summed E-state index contributed by atoms with van der Waals surface area (Å²) in [5.74, 6) is 0.988. The molecular formula is C15H26N2O. The van der Waals surface area contributed by atoms with Gasteiger partial charge >= 0.3 is 0 Å². The number of methoxy groups -OCH3 is 1. The van der Waals surface area contributed by atoms with Crippen molar-refractivity contribution in [1.29, 1.82) is 0 Å². The van der Waals surface area contributed by atoms with E-state index in [1.165, 1.54) is 11.1 Å². The van der Waals surface area contributed by atoms with Crippen molar-refractivity contribution in [3.05, 3.63) is 29.3 Å². The van der Waals surface area contributed by atoms with Crippen LogP contribution in [0.3, 0.4) is 0 Å². The lowest BCUT2D eigenvalue weighted by Gasteiger charge is -2.26. The Kier molecular flexibility index (Phi) is 6.16. The summed E-state index contributed by atoms with van der Waals surface area (Å²) < 4.78 is 5.38. The fourth-order valence-electron chi connectivity index (χ4n) is 2.16. The van der Waals surface area contributed by atoms with Gasteiger partial charge in [0.05, 0.1) is 7.11 Å². The van der Waals surface area contributed by atoms with Crippen LogP contribution < -0.4 is 10.1 Å². The van der Waals surface area contributed by atoms with Crippen LogP contribution in [0.4, 0.5) is 0 Å². The van der Waals surface area contributed by atoms with E-state index < -0.39 is 0 Å². The van der Waals surface area contributed by atoms with Gasteiger partial charge in [-0.2, -0.15) is 0 Å². The van der Waals surface area contributed by atoms with Gasteiger partial charge in [-0.3, -0.25) is 0 Å². The molecule has 1 aromatic rings. The zero-order valence-corrected chi connectivity index (χ0v) is 12.3. The number of benzene rings is 1. The van der Waals surface area contributed by atoms with Crippen LogP contribution in [0, 0.1) is 0 Å². The Hall–Kier alpha value is -1.06. The van der Waals surface area contributed by atoms with Crippen LogP contribution in [0.15, 0.2) is 18.2 Å². The Balaban J connectivity index is 2.97. The predicted octanol–water partition coefficient (Wildman–Crippen LogP) is 2.47. The molecule has 0 saturated carbocycles. The van der Waals surface area contributed by atoms with E-state index in [1.54, 1.807) is 7.11 Å². The monoisotopic (exact) mass is 250 g/mol. The zero-order chi connectivity index (χ0) is 13.5. The molecule has 3 nitrogen and oxygen atoms in total. The van der Waals surface area contributed by atoms with Gasteiger partial charge in [-0.05, 0) is 44.3 Å². The third-order valence-corrected chi connectivity index (χ3v) is 3.28. The summed E-state index contributed by atoms with van der Waals surface area (Å²) in [6.45, 7) is 6.27. The van der Waals surface area contributed by atoms with Crippen LogP contribution in [0.5, 0.6) is 5.75 Å². The molecule has 0 spiro atoms. The molecule has 0 aliphatic carbocycles. The van der Waals surface area contributed by atoms with Crippen LogP contribution in [0.1, 0.15) is 31.0 Å². The normalized spacial score (nSPS) is 12.8. The standard InChI is InChI=1S/C15H26N2O/c1-6-12-10-13(8-9-15(12)18-5)14(17(3)4)11-16-7-2/h8-10,14,16H,6-7,11H2,1-5H3. The number of nitrogens with zero attached hydrogens (tertiary/aromatic N) is 1. The first-order valence-electron chi connectivity index (χ1n) is 6.67. The maximum Gasteiger partial charge on any atom is 0.122 e. The van der Waals surface area contributed by atoms with Crippen LogP contribution in [-0.4, -0.2) is 39.2 Å². The zero-order valence-electron chi connectivity index (χ0n) is 12.3. The minimum absolute atomic E-state index is 0.404. The van der Waals surface area contributed by atoms with E-state index >= 15 is 0 Å². The summed E-state index contributed by atoms with van der Waals surface area (Å²) in [5.41, 5.74) is 2.62. The van der Waals surface area contributed by atoms with Crippen molar-refractivity contribution < 1.29 is 4.74 Å². The molecule has 0 amide bonds. The highest BCUT2D eigenvalue weighted by atomic mass is 16.5. The Morgan fingerprint density at radius 3 is 2.50 bits per heavy atom. The summed E-state index contributed by atoms with van der Waals surface area (Å²) in [7, 11) is 5.98. The predicted molar refractivity (Wildman–Crippen MR) is 77.3 cm³/mol. The average Bonchev–Trinajstić information content (AvgIpc) is 2.38. The second-order valence-electron chi connectivity index (χ2n) is 4.71. The second-order valence-corrected chi connectivity index (χ2v) is 4.71. The minimum Gasteiger partial charge on any atom is -0.496 e. The fourth-order valence-corrected chi connectivity index (χ4v) is 2.16. The molecule has 0 aliphatic heterocycles. The highest BCUT2D eigenvalue weighted by Crippen LogP contribution is 2.25. The van der Waals surface area contributed by atoms with E-state index in [0.29, 0.717) is 6.04 Å². The van der Waals surface area contributed by atoms with Gasteiger partial charge in [0.1, 0.15) is 5.75 Å². The van der Waals surface area contributed by atoms with Crippen molar-refractivity contribution in [2.75, 3.05) is 34.3 Å². The van der Waals surface area contributed by atoms with Gasteiger partial charge < -0.3 is 15.0 Å². The van der Waals surface area contributed by atoms with E-state index in [1.807, 2.05) is 0 Å². The lowest BCUT2D eigenvalue weighted by molar-refractivity contribution is 0.290. The van der Waals surface area contributed by atoms with E-state index in [0.717, 1.165) is 25.3 Å². The molecule has 1 aromatic carbocycles. The summed E-state index contributed by atoms with van der Waals surface area (Å²) in [6.07, 6.45) is 0.998. The van der Waals surface area contributed by atoms with Gasteiger partial charge in [-0.25, -0.2) is 0 Å². The molecule has 1 atom stereocenters.